The molecule has 0 spiro atoms. The highest BCUT2D eigenvalue weighted by atomic mass is 127. The minimum atomic E-state index is 1.50. The molecule has 0 aromatic heterocycles. The monoisotopic (exact) mass is 218 g/mol. The van der Waals surface area contributed by atoms with Gasteiger partial charge in [0.05, 0.1) is 0 Å². The normalized spacial score (nSPS) is 17.0. The van der Waals surface area contributed by atoms with E-state index in [-0.39, 0.29) is 0 Å². The molecular formula is C4H8ClI. The Bertz CT molecular complexity index is 15.5. The lowest BCUT2D eigenvalue weighted by molar-refractivity contribution is 0.504. The van der Waals surface area contributed by atoms with Gasteiger partial charge in [-0.15, -0.1) is 0 Å². The van der Waals surface area contributed by atoms with Gasteiger partial charge in [-0.2, -0.15) is 0 Å². The second-order valence-corrected chi connectivity index (χ2v) is 1.41. The molecule has 1 aliphatic carbocycles. The van der Waals surface area contributed by atoms with Crippen molar-refractivity contribution in [1.82, 2.24) is 0 Å². The van der Waals surface area contributed by atoms with Gasteiger partial charge in [-0.05, 0) is 8.91 Å². The van der Waals surface area contributed by atoms with Gasteiger partial charge in [-0.25, -0.2) is 0 Å². The third-order valence-electron chi connectivity index (χ3n) is 1.000. The lowest BCUT2D eigenvalue weighted by Gasteiger charge is -2.05. The lowest BCUT2D eigenvalue weighted by atomic mass is 10.0. The van der Waals surface area contributed by atoms with Crippen LogP contribution in [0.5, 0.6) is 0 Å². The van der Waals surface area contributed by atoms with E-state index in [1.807, 2.05) is 0 Å². The van der Waals surface area contributed by atoms with Crippen LogP contribution in [0.1, 0.15) is 25.7 Å². The zero-order valence-corrected chi connectivity index (χ0v) is 6.50. The predicted molar refractivity (Wildman–Crippen MR) is 38.3 cm³/mol. The lowest BCUT2D eigenvalue weighted by Crippen LogP contribution is -1.85. The molecule has 0 unspecified atom stereocenters. The van der Waals surface area contributed by atoms with Crippen LogP contribution in [-0.2, 0) is 0 Å². The van der Waals surface area contributed by atoms with Crippen molar-refractivity contribution in [3.8, 4) is 0 Å². The van der Waals surface area contributed by atoms with Crippen molar-refractivity contribution in [1.29, 1.82) is 0 Å². The molecule has 1 aliphatic rings. The number of rotatable bonds is 0. The van der Waals surface area contributed by atoms with Crippen molar-refractivity contribution in [2.75, 3.05) is 0 Å². The molecule has 1 saturated carbocycles. The van der Waals surface area contributed by atoms with E-state index in [1.54, 1.807) is 21.5 Å². The summed E-state index contributed by atoms with van der Waals surface area (Å²) >= 11 is 1.62. The van der Waals surface area contributed by atoms with Gasteiger partial charge in [0.1, 0.15) is 0 Å². The maximum atomic E-state index is 4.61. The van der Waals surface area contributed by atoms with Crippen LogP contribution >= 0.6 is 30.4 Å². The molecule has 0 aromatic rings. The molecule has 0 bridgehead atoms. The Labute approximate surface area is 56.1 Å². The summed E-state index contributed by atoms with van der Waals surface area (Å²) in [6.07, 6.45) is 6.00. The van der Waals surface area contributed by atoms with Crippen LogP contribution < -0.4 is 0 Å². The topological polar surface area (TPSA) is 0 Å². The third-order valence-corrected chi connectivity index (χ3v) is 1.000. The van der Waals surface area contributed by atoms with E-state index < -0.39 is 0 Å². The van der Waals surface area contributed by atoms with E-state index in [0.29, 0.717) is 0 Å². The Morgan fingerprint density at radius 1 is 0.833 bits per heavy atom. The first-order valence-electron chi connectivity index (χ1n) is 2.14. The van der Waals surface area contributed by atoms with Crippen molar-refractivity contribution >= 4 is 30.4 Å². The Morgan fingerprint density at radius 2 is 1.00 bits per heavy atom. The van der Waals surface area contributed by atoms with Crippen molar-refractivity contribution in [3.63, 3.8) is 0 Å². The van der Waals surface area contributed by atoms with Crippen molar-refractivity contribution in [3.05, 3.63) is 0 Å². The zero-order chi connectivity index (χ0) is 4.83. The zero-order valence-electron chi connectivity index (χ0n) is 3.58. The van der Waals surface area contributed by atoms with Crippen LogP contribution in [0.3, 0.4) is 0 Å². The van der Waals surface area contributed by atoms with E-state index >= 15 is 0 Å². The third kappa shape index (κ3) is 3.22. The Morgan fingerprint density at radius 3 is 1.00 bits per heavy atom. The SMILES string of the molecule is C1CCC1.ClI. The van der Waals surface area contributed by atoms with Crippen LogP contribution in [0.25, 0.3) is 0 Å². The molecule has 0 heterocycles. The minimum Gasteiger partial charge on any atom is -0.0533 e. The summed E-state index contributed by atoms with van der Waals surface area (Å²) in [5.41, 5.74) is 0. The molecule has 1 rings (SSSR count). The van der Waals surface area contributed by atoms with Gasteiger partial charge in [0, 0.05) is 21.5 Å². The molecule has 0 saturated heterocycles. The van der Waals surface area contributed by atoms with Gasteiger partial charge in [0.25, 0.3) is 0 Å². The first kappa shape index (κ1) is 7.02. The highest BCUT2D eigenvalue weighted by Crippen LogP contribution is 2.15. The molecule has 38 valence electrons. The maximum absolute atomic E-state index is 4.61. The molecule has 1 fully saturated rings. The molecule has 0 nitrogen and oxygen atoms in total. The van der Waals surface area contributed by atoms with Crippen LogP contribution in [0, 0.1) is 0 Å². The van der Waals surface area contributed by atoms with Gasteiger partial charge < -0.3 is 0 Å². The molecule has 0 aromatic carbocycles. The standard InChI is InChI=1S/C4H8.ClI/c1-2-4-3-1;1-2/h1-4H2;. The Balaban J connectivity index is 0.000000112. The van der Waals surface area contributed by atoms with Gasteiger partial charge in [-0.3, -0.25) is 0 Å². The summed E-state index contributed by atoms with van der Waals surface area (Å²) in [4.78, 5) is 0. The maximum Gasteiger partial charge on any atom is 0.0425 e. The van der Waals surface area contributed by atoms with E-state index in [2.05, 4.69) is 8.91 Å². The summed E-state index contributed by atoms with van der Waals surface area (Å²) in [6.45, 7) is 0. The average molecular weight is 218 g/mol. The van der Waals surface area contributed by atoms with Crippen LogP contribution in [-0.4, -0.2) is 0 Å². The van der Waals surface area contributed by atoms with Gasteiger partial charge in [0.15, 0.2) is 0 Å². The molecular weight excluding hydrogens is 210 g/mol. The van der Waals surface area contributed by atoms with E-state index in [9.17, 15) is 0 Å². The molecule has 0 amide bonds. The van der Waals surface area contributed by atoms with Crippen LogP contribution in [0.4, 0.5) is 0 Å². The van der Waals surface area contributed by atoms with Crippen molar-refractivity contribution in [2.45, 2.75) is 25.7 Å². The van der Waals surface area contributed by atoms with Gasteiger partial charge in [0.2, 0.25) is 0 Å². The fraction of sp³-hybridized carbons (Fsp3) is 1.00. The first-order valence-corrected chi connectivity index (χ1v) is 4.87. The Hall–Kier alpha value is 1.02. The molecule has 0 aliphatic heterocycles. The molecule has 6 heavy (non-hydrogen) atoms. The summed E-state index contributed by atoms with van der Waals surface area (Å²) in [5.74, 6) is 0. The van der Waals surface area contributed by atoms with Crippen LogP contribution in [0.2, 0.25) is 0 Å². The summed E-state index contributed by atoms with van der Waals surface area (Å²) < 4.78 is 0. The number of hydrogen-bond donors (Lipinski definition) is 0. The minimum absolute atomic E-state index is 1.50. The Kier molecular flexibility index (Phi) is 7.04. The summed E-state index contributed by atoms with van der Waals surface area (Å²) in [7, 11) is 4.61. The largest absolute Gasteiger partial charge is 0.0533 e. The fourth-order valence-corrected chi connectivity index (χ4v) is 0.250. The second-order valence-electron chi connectivity index (χ2n) is 1.41. The van der Waals surface area contributed by atoms with Crippen molar-refractivity contribution < 1.29 is 0 Å². The smallest absolute Gasteiger partial charge is 0.0425 e. The molecule has 0 atom stereocenters. The number of hydrogen-bond acceptors (Lipinski definition) is 0. The van der Waals surface area contributed by atoms with E-state index in [0.717, 1.165) is 0 Å². The predicted octanol–water partition coefficient (Wildman–Crippen LogP) is 3.14. The summed E-state index contributed by atoms with van der Waals surface area (Å²) in [5, 5.41) is 0. The van der Waals surface area contributed by atoms with E-state index in [1.165, 1.54) is 25.7 Å². The van der Waals surface area contributed by atoms with E-state index in [4.69, 9.17) is 0 Å². The highest BCUT2D eigenvalue weighted by Gasteiger charge is 1.95. The van der Waals surface area contributed by atoms with Gasteiger partial charge in [-0.1, -0.05) is 25.7 Å². The highest BCUT2D eigenvalue weighted by molar-refractivity contribution is 14.1. The first-order chi connectivity index (χ1) is 3.00. The average Bonchev–Trinajstić information content (AvgIpc) is 1.36. The van der Waals surface area contributed by atoms with Gasteiger partial charge >= 0.3 is 0 Å². The second kappa shape index (κ2) is 6.02. The van der Waals surface area contributed by atoms with Crippen molar-refractivity contribution in [2.24, 2.45) is 0 Å². The molecule has 0 N–H and O–H groups in total. The quantitative estimate of drug-likeness (QED) is 0.548. The molecule has 2 heteroatoms. The summed E-state index contributed by atoms with van der Waals surface area (Å²) in [6, 6.07) is 0. The van der Waals surface area contributed by atoms with Crippen LogP contribution in [0.15, 0.2) is 0 Å². The number of halogens is 2. The fourth-order valence-electron chi connectivity index (χ4n) is 0.250. The molecule has 0 radical (unpaired) electrons.